The Hall–Kier alpha value is -2.00. The fourth-order valence-corrected chi connectivity index (χ4v) is 1.16. The summed E-state index contributed by atoms with van der Waals surface area (Å²) in [6.45, 7) is -0.583. The van der Waals surface area contributed by atoms with Crippen molar-refractivity contribution in [1.82, 2.24) is 0 Å². The molecule has 0 aromatic heterocycles. The molecule has 0 fully saturated rings. The van der Waals surface area contributed by atoms with E-state index < -0.39 is 21.6 Å². The number of hydrogen-bond donors (Lipinski definition) is 2. The van der Waals surface area contributed by atoms with Crippen molar-refractivity contribution in [2.75, 3.05) is 6.54 Å². The van der Waals surface area contributed by atoms with Crippen LogP contribution in [0.15, 0.2) is 29.2 Å². The zero-order chi connectivity index (χ0) is 13.5. The Balaban J connectivity index is 0.000000366. The summed E-state index contributed by atoms with van der Waals surface area (Å²) in [4.78, 5) is 17.4. The number of carbonyl (C=O) groups excluding carboxylic acids is 1. The van der Waals surface area contributed by atoms with Crippen LogP contribution in [0.3, 0.4) is 0 Å². The van der Waals surface area contributed by atoms with Gasteiger partial charge in [0.15, 0.2) is 6.29 Å². The highest BCUT2D eigenvalue weighted by Crippen LogP contribution is 2.13. The fraction of sp³-hybridized carbons (Fsp3) is 0.125. The van der Waals surface area contributed by atoms with Crippen molar-refractivity contribution >= 4 is 16.4 Å². The van der Waals surface area contributed by atoms with Crippen LogP contribution in [0.2, 0.25) is 0 Å². The molecule has 1 rings (SSSR count). The van der Waals surface area contributed by atoms with Crippen molar-refractivity contribution < 1.29 is 27.8 Å². The van der Waals surface area contributed by atoms with Crippen molar-refractivity contribution in [3.8, 4) is 5.75 Å². The standard InChI is InChI=1S/C6H6O4S.C2H3NO3/c7-5-1-3-6(4-2-5)11(8,9)10;4-2-1-3(5)6/h1-4,7H,(H,8,9,10);2H,1H2. The minimum atomic E-state index is -4.13. The first-order chi connectivity index (χ1) is 7.77. The summed E-state index contributed by atoms with van der Waals surface area (Å²) in [6, 6.07) is 4.60. The molecule has 0 heterocycles. The van der Waals surface area contributed by atoms with Gasteiger partial charge in [-0.25, -0.2) is 0 Å². The molecule has 0 aliphatic carbocycles. The molecule has 0 spiro atoms. The van der Waals surface area contributed by atoms with Crippen LogP contribution in [0.5, 0.6) is 5.75 Å². The maximum Gasteiger partial charge on any atom is 0.294 e. The van der Waals surface area contributed by atoms with Crippen molar-refractivity contribution in [1.29, 1.82) is 0 Å². The van der Waals surface area contributed by atoms with Gasteiger partial charge in [0, 0.05) is 4.92 Å². The molecule has 0 unspecified atom stereocenters. The third kappa shape index (κ3) is 6.98. The van der Waals surface area contributed by atoms with Crippen LogP contribution in [0.4, 0.5) is 0 Å². The maximum atomic E-state index is 10.4. The third-order valence-electron chi connectivity index (χ3n) is 1.36. The van der Waals surface area contributed by atoms with Crippen LogP contribution in [0.25, 0.3) is 0 Å². The zero-order valence-electron chi connectivity index (χ0n) is 8.38. The molecule has 0 amide bonds. The molecule has 0 aliphatic rings. The summed E-state index contributed by atoms with van der Waals surface area (Å²) in [6.07, 6.45) is 0.250. The second-order valence-corrected chi connectivity index (χ2v) is 4.07. The number of hydrogen-bond acceptors (Lipinski definition) is 6. The first kappa shape index (κ1) is 15.0. The van der Waals surface area contributed by atoms with Crippen LogP contribution in [0.1, 0.15) is 0 Å². The second-order valence-electron chi connectivity index (χ2n) is 2.65. The van der Waals surface area contributed by atoms with Crippen LogP contribution in [0, 0.1) is 10.1 Å². The van der Waals surface area contributed by atoms with Gasteiger partial charge in [-0.2, -0.15) is 8.42 Å². The van der Waals surface area contributed by atoms with Gasteiger partial charge < -0.3 is 5.11 Å². The zero-order valence-corrected chi connectivity index (χ0v) is 9.20. The minimum Gasteiger partial charge on any atom is -0.508 e. The Labute approximate surface area is 96.4 Å². The minimum absolute atomic E-state index is 0.0441. The molecule has 17 heavy (non-hydrogen) atoms. The number of aromatic hydroxyl groups is 1. The van der Waals surface area contributed by atoms with E-state index in [0.29, 0.717) is 0 Å². The van der Waals surface area contributed by atoms with E-state index in [9.17, 15) is 23.3 Å². The summed E-state index contributed by atoms with van der Waals surface area (Å²) in [5, 5.41) is 17.9. The number of nitro groups is 1. The summed E-state index contributed by atoms with van der Waals surface area (Å²) >= 11 is 0. The van der Waals surface area contributed by atoms with Gasteiger partial charge in [0.2, 0.25) is 0 Å². The smallest absolute Gasteiger partial charge is 0.294 e. The first-order valence-electron chi connectivity index (χ1n) is 4.09. The van der Waals surface area contributed by atoms with Crippen molar-refractivity contribution in [3.05, 3.63) is 34.4 Å². The predicted octanol–water partition coefficient (Wildman–Crippen LogP) is 0.101. The van der Waals surface area contributed by atoms with Gasteiger partial charge in [-0.3, -0.25) is 19.5 Å². The van der Waals surface area contributed by atoms with Gasteiger partial charge in [0.25, 0.3) is 16.7 Å². The van der Waals surface area contributed by atoms with E-state index in [4.69, 9.17) is 9.66 Å². The third-order valence-corrected chi connectivity index (χ3v) is 2.23. The molecule has 0 bridgehead atoms. The Morgan fingerprint density at radius 3 is 2.00 bits per heavy atom. The molecule has 0 saturated heterocycles. The molecule has 8 nitrogen and oxygen atoms in total. The molecule has 1 aromatic carbocycles. The lowest BCUT2D eigenvalue weighted by atomic mass is 10.3. The second kappa shape index (κ2) is 6.55. The van der Waals surface area contributed by atoms with Crippen molar-refractivity contribution in [2.45, 2.75) is 4.90 Å². The van der Waals surface area contributed by atoms with E-state index in [1.165, 1.54) is 12.1 Å². The summed E-state index contributed by atoms with van der Waals surface area (Å²) in [7, 11) is -4.13. The monoisotopic (exact) mass is 263 g/mol. The Morgan fingerprint density at radius 2 is 1.76 bits per heavy atom. The number of aldehydes is 1. The van der Waals surface area contributed by atoms with E-state index in [0.717, 1.165) is 12.1 Å². The van der Waals surface area contributed by atoms with E-state index in [2.05, 4.69) is 0 Å². The molecular weight excluding hydrogens is 254 g/mol. The lowest BCUT2D eigenvalue weighted by Gasteiger charge is -1.94. The van der Waals surface area contributed by atoms with E-state index in [1.54, 1.807) is 0 Å². The Morgan fingerprint density at radius 1 is 1.29 bits per heavy atom. The molecule has 0 aliphatic heterocycles. The molecule has 1 aromatic rings. The molecule has 2 N–H and O–H groups in total. The first-order valence-corrected chi connectivity index (χ1v) is 5.53. The largest absolute Gasteiger partial charge is 0.508 e. The van der Waals surface area contributed by atoms with Crippen molar-refractivity contribution in [3.63, 3.8) is 0 Å². The van der Waals surface area contributed by atoms with Gasteiger partial charge in [-0.15, -0.1) is 0 Å². The number of rotatable bonds is 3. The highest BCUT2D eigenvalue weighted by Gasteiger charge is 2.07. The normalized spacial score (nSPS) is 9.94. The van der Waals surface area contributed by atoms with Gasteiger partial charge in [0.05, 0.1) is 4.90 Å². The predicted molar refractivity (Wildman–Crippen MR) is 55.8 cm³/mol. The molecular formula is C8H9NO7S. The van der Waals surface area contributed by atoms with E-state index in [-0.39, 0.29) is 16.9 Å². The maximum absolute atomic E-state index is 10.4. The summed E-state index contributed by atoms with van der Waals surface area (Å²) in [5.74, 6) is -0.0441. The summed E-state index contributed by atoms with van der Waals surface area (Å²) < 4.78 is 29.3. The highest BCUT2D eigenvalue weighted by atomic mass is 32.2. The fourth-order valence-electron chi connectivity index (χ4n) is 0.679. The Kier molecular flexibility index (Phi) is 5.78. The number of benzene rings is 1. The average Bonchev–Trinajstić information content (AvgIpc) is 2.17. The molecule has 0 saturated carbocycles. The Bertz CT molecular complexity index is 479. The van der Waals surface area contributed by atoms with Crippen LogP contribution < -0.4 is 0 Å². The average molecular weight is 263 g/mol. The lowest BCUT2D eigenvalue weighted by molar-refractivity contribution is -0.465. The van der Waals surface area contributed by atoms with Gasteiger partial charge in [-0.05, 0) is 24.3 Å². The van der Waals surface area contributed by atoms with Gasteiger partial charge >= 0.3 is 0 Å². The highest BCUT2D eigenvalue weighted by molar-refractivity contribution is 7.85. The lowest BCUT2D eigenvalue weighted by Crippen LogP contribution is -1.99. The number of nitrogens with zero attached hydrogens (tertiary/aromatic N) is 1. The molecule has 94 valence electrons. The van der Waals surface area contributed by atoms with Crippen LogP contribution in [-0.2, 0) is 14.9 Å². The summed E-state index contributed by atoms with van der Waals surface area (Å²) in [5.41, 5.74) is 0. The SMILES string of the molecule is O=CC[N+](=O)[O-].O=S(=O)(O)c1ccc(O)cc1. The topological polar surface area (TPSA) is 135 Å². The van der Waals surface area contributed by atoms with E-state index >= 15 is 0 Å². The van der Waals surface area contributed by atoms with E-state index in [1.807, 2.05) is 0 Å². The quantitative estimate of drug-likeness (QED) is 0.341. The van der Waals surface area contributed by atoms with Gasteiger partial charge in [0.1, 0.15) is 5.75 Å². The number of phenolic OH excluding ortho intramolecular Hbond substituents is 1. The van der Waals surface area contributed by atoms with Gasteiger partial charge in [-0.1, -0.05) is 0 Å². The molecule has 0 radical (unpaired) electrons. The van der Waals surface area contributed by atoms with Crippen LogP contribution in [-0.4, -0.2) is 35.8 Å². The number of carbonyl (C=O) groups is 1. The molecule has 0 atom stereocenters. The van der Waals surface area contributed by atoms with Crippen LogP contribution >= 0.6 is 0 Å². The van der Waals surface area contributed by atoms with Crippen molar-refractivity contribution in [2.24, 2.45) is 0 Å². The number of phenols is 1. The molecule has 9 heteroatoms.